The molecule has 0 saturated heterocycles. The van der Waals surface area contributed by atoms with Crippen LogP contribution < -0.4 is 0 Å². The second-order valence-corrected chi connectivity index (χ2v) is 1.91. The Morgan fingerprint density at radius 1 is 1.27 bits per heavy atom. The van der Waals surface area contributed by atoms with Crippen LogP contribution >= 0.6 is 0 Å². The smallest absolute Gasteiger partial charge is 0.363 e. The zero-order valence-electron chi connectivity index (χ0n) is 5.66. The fourth-order valence-electron chi connectivity index (χ4n) is 0.312. The van der Waals surface area contributed by atoms with Crippen molar-refractivity contribution in [3.63, 3.8) is 0 Å². The summed E-state index contributed by atoms with van der Waals surface area (Å²) in [5.41, 5.74) is 0. The SMILES string of the molecule is CC(OCC(F)F)C(F)(F)F. The van der Waals surface area contributed by atoms with Crippen LogP contribution in [0.5, 0.6) is 0 Å². The van der Waals surface area contributed by atoms with Crippen LogP contribution in [0.15, 0.2) is 0 Å². The average Bonchev–Trinajstić information content (AvgIpc) is 1.80. The molecule has 1 unspecified atom stereocenters. The van der Waals surface area contributed by atoms with Crippen molar-refractivity contribution in [3.05, 3.63) is 0 Å². The molecule has 0 fully saturated rings. The highest BCUT2D eigenvalue weighted by molar-refractivity contribution is 4.60. The highest BCUT2D eigenvalue weighted by atomic mass is 19.4. The first-order valence-corrected chi connectivity index (χ1v) is 2.80. The highest BCUT2D eigenvalue weighted by Crippen LogP contribution is 2.22. The summed E-state index contributed by atoms with van der Waals surface area (Å²) < 4.78 is 61.0. The van der Waals surface area contributed by atoms with Gasteiger partial charge in [0, 0.05) is 0 Å². The number of alkyl halides is 5. The summed E-state index contributed by atoms with van der Waals surface area (Å²) in [6.45, 7) is -0.497. The molecule has 1 atom stereocenters. The first kappa shape index (κ1) is 10.6. The number of halogens is 5. The lowest BCUT2D eigenvalue weighted by Gasteiger charge is -2.15. The van der Waals surface area contributed by atoms with E-state index in [1.165, 1.54) is 0 Å². The van der Waals surface area contributed by atoms with Gasteiger partial charge in [-0.3, -0.25) is 0 Å². The van der Waals surface area contributed by atoms with Gasteiger partial charge in [-0.1, -0.05) is 0 Å². The summed E-state index contributed by atoms with van der Waals surface area (Å²) in [7, 11) is 0. The van der Waals surface area contributed by atoms with E-state index in [0.29, 0.717) is 6.92 Å². The minimum atomic E-state index is -4.56. The van der Waals surface area contributed by atoms with Crippen molar-refractivity contribution in [1.29, 1.82) is 0 Å². The molecule has 0 rings (SSSR count). The zero-order valence-corrected chi connectivity index (χ0v) is 5.66. The normalized spacial score (nSPS) is 15.5. The maximum absolute atomic E-state index is 11.5. The van der Waals surface area contributed by atoms with Gasteiger partial charge in [0.2, 0.25) is 0 Å². The Labute approximate surface area is 60.1 Å². The van der Waals surface area contributed by atoms with E-state index in [1.54, 1.807) is 0 Å². The van der Waals surface area contributed by atoms with E-state index in [0.717, 1.165) is 0 Å². The van der Waals surface area contributed by atoms with E-state index < -0.39 is 25.3 Å². The molecule has 0 aliphatic rings. The topological polar surface area (TPSA) is 9.23 Å². The van der Waals surface area contributed by atoms with Crippen LogP contribution in [0.1, 0.15) is 6.92 Å². The number of hydrogen-bond acceptors (Lipinski definition) is 1. The predicted molar refractivity (Wildman–Crippen MR) is 27.5 cm³/mol. The lowest BCUT2D eigenvalue weighted by atomic mass is 10.4. The third kappa shape index (κ3) is 4.94. The highest BCUT2D eigenvalue weighted by Gasteiger charge is 2.37. The van der Waals surface area contributed by atoms with Crippen molar-refractivity contribution in [1.82, 2.24) is 0 Å². The van der Waals surface area contributed by atoms with Gasteiger partial charge in [-0.15, -0.1) is 0 Å². The van der Waals surface area contributed by atoms with Crippen LogP contribution in [0.25, 0.3) is 0 Å². The molecule has 11 heavy (non-hydrogen) atoms. The van der Waals surface area contributed by atoms with E-state index in [4.69, 9.17) is 0 Å². The fraction of sp³-hybridized carbons (Fsp3) is 1.00. The standard InChI is InChI=1S/C5H7F5O/c1-3(5(8,9)10)11-2-4(6)7/h3-4H,2H2,1H3. The molecular weight excluding hydrogens is 171 g/mol. The maximum atomic E-state index is 11.5. The van der Waals surface area contributed by atoms with Crippen molar-refractivity contribution in [3.8, 4) is 0 Å². The van der Waals surface area contributed by atoms with Crippen molar-refractivity contribution in [2.45, 2.75) is 25.6 Å². The largest absolute Gasteiger partial charge is 0.414 e. The first-order chi connectivity index (χ1) is 4.84. The molecular formula is C5H7F5O. The third-order valence-electron chi connectivity index (χ3n) is 0.933. The van der Waals surface area contributed by atoms with Gasteiger partial charge < -0.3 is 4.74 Å². The summed E-state index contributed by atoms with van der Waals surface area (Å²) in [6.07, 6.45) is -9.55. The van der Waals surface area contributed by atoms with Crippen LogP contribution in [-0.4, -0.2) is 25.3 Å². The summed E-state index contributed by atoms with van der Waals surface area (Å²) in [6, 6.07) is 0. The van der Waals surface area contributed by atoms with Gasteiger partial charge in [0.15, 0.2) is 6.10 Å². The molecule has 0 radical (unpaired) electrons. The van der Waals surface area contributed by atoms with Crippen LogP contribution in [0, 0.1) is 0 Å². The van der Waals surface area contributed by atoms with Crippen LogP contribution in [0.2, 0.25) is 0 Å². The molecule has 0 aromatic carbocycles. The molecule has 0 spiro atoms. The van der Waals surface area contributed by atoms with Gasteiger partial charge >= 0.3 is 6.18 Å². The van der Waals surface area contributed by atoms with E-state index in [2.05, 4.69) is 4.74 Å². The molecule has 6 heteroatoms. The molecule has 0 bridgehead atoms. The number of hydrogen-bond donors (Lipinski definition) is 0. The summed E-state index contributed by atoms with van der Waals surface area (Å²) in [5.74, 6) is 0. The Balaban J connectivity index is 3.61. The van der Waals surface area contributed by atoms with Gasteiger partial charge in [-0.05, 0) is 6.92 Å². The molecule has 0 aliphatic carbocycles. The monoisotopic (exact) mass is 178 g/mol. The molecule has 0 amide bonds. The summed E-state index contributed by atoms with van der Waals surface area (Å²) in [5, 5.41) is 0. The van der Waals surface area contributed by atoms with Crippen molar-refractivity contribution in [2.24, 2.45) is 0 Å². The second-order valence-electron chi connectivity index (χ2n) is 1.91. The van der Waals surface area contributed by atoms with Crippen LogP contribution in [-0.2, 0) is 4.74 Å². The number of ether oxygens (including phenoxy) is 1. The van der Waals surface area contributed by atoms with Crippen LogP contribution in [0.3, 0.4) is 0 Å². The predicted octanol–water partition coefficient (Wildman–Crippen LogP) is 2.22. The van der Waals surface area contributed by atoms with Crippen molar-refractivity contribution in [2.75, 3.05) is 6.61 Å². The minimum Gasteiger partial charge on any atom is -0.363 e. The molecule has 0 N–H and O–H groups in total. The molecule has 0 aliphatic heterocycles. The maximum Gasteiger partial charge on any atom is 0.414 e. The van der Waals surface area contributed by atoms with E-state index in [9.17, 15) is 22.0 Å². The van der Waals surface area contributed by atoms with E-state index >= 15 is 0 Å². The lowest BCUT2D eigenvalue weighted by Crippen LogP contribution is -2.30. The van der Waals surface area contributed by atoms with Gasteiger partial charge in [0.25, 0.3) is 6.43 Å². The second kappa shape index (κ2) is 3.85. The first-order valence-electron chi connectivity index (χ1n) is 2.80. The fourth-order valence-corrected chi connectivity index (χ4v) is 0.312. The van der Waals surface area contributed by atoms with Gasteiger partial charge in [-0.2, -0.15) is 13.2 Å². The Hall–Kier alpha value is -0.390. The number of rotatable bonds is 3. The minimum absolute atomic E-state index is 0.683. The van der Waals surface area contributed by atoms with Gasteiger partial charge in [-0.25, -0.2) is 8.78 Å². The van der Waals surface area contributed by atoms with Crippen LogP contribution in [0.4, 0.5) is 22.0 Å². The van der Waals surface area contributed by atoms with E-state index in [1.807, 2.05) is 0 Å². The summed E-state index contributed by atoms with van der Waals surface area (Å²) in [4.78, 5) is 0. The van der Waals surface area contributed by atoms with Crippen molar-refractivity contribution < 1.29 is 26.7 Å². The van der Waals surface area contributed by atoms with Crippen molar-refractivity contribution >= 4 is 0 Å². The molecule has 0 aromatic rings. The Morgan fingerprint density at radius 2 is 1.73 bits per heavy atom. The lowest BCUT2D eigenvalue weighted by molar-refractivity contribution is -0.220. The molecule has 68 valence electrons. The average molecular weight is 178 g/mol. The Kier molecular flexibility index (Phi) is 3.71. The molecule has 0 heterocycles. The molecule has 0 saturated carbocycles. The molecule has 1 nitrogen and oxygen atoms in total. The molecule has 0 aromatic heterocycles. The van der Waals surface area contributed by atoms with Gasteiger partial charge in [0.1, 0.15) is 6.61 Å². The zero-order chi connectivity index (χ0) is 9.07. The quantitative estimate of drug-likeness (QED) is 0.602. The third-order valence-corrected chi connectivity index (χ3v) is 0.933. The Morgan fingerprint density at radius 3 is 2.00 bits per heavy atom. The Bertz CT molecular complexity index is 110. The van der Waals surface area contributed by atoms with Gasteiger partial charge in [0.05, 0.1) is 0 Å². The summed E-state index contributed by atoms with van der Waals surface area (Å²) >= 11 is 0. The van der Waals surface area contributed by atoms with E-state index in [-0.39, 0.29) is 0 Å².